The Morgan fingerprint density at radius 1 is 0.889 bits per heavy atom. The summed E-state index contributed by atoms with van der Waals surface area (Å²) >= 11 is 3.48. The van der Waals surface area contributed by atoms with Crippen molar-refractivity contribution in [3.8, 4) is 0 Å². The molecular weight excluding hydrogens is 330 g/mol. The summed E-state index contributed by atoms with van der Waals surface area (Å²) in [6, 6.07) is 14.3. The molecule has 3 rings (SSSR count). The van der Waals surface area contributed by atoms with Gasteiger partial charge in [0.2, 0.25) is 0 Å². The van der Waals surface area contributed by atoms with Crippen LogP contribution in [0.4, 0.5) is 0 Å². The number of nitrogens with one attached hydrogen (secondary N) is 1. The van der Waals surface area contributed by atoms with E-state index < -0.39 is 10.7 Å². The number of halogens is 2. The number of fused-ring (bicyclic) bond motifs is 2. The Morgan fingerprint density at radius 2 is 1.56 bits per heavy atom. The van der Waals surface area contributed by atoms with Crippen LogP contribution in [0.15, 0.2) is 56.7 Å². The highest BCUT2D eigenvalue weighted by Gasteiger charge is 2.13. The molecule has 0 amide bonds. The maximum absolute atomic E-state index is 8.42. The van der Waals surface area contributed by atoms with Gasteiger partial charge >= 0.3 is 0 Å². The van der Waals surface area contributed by atoms with Crippen LogP contribution in [0.5, 0.6) is 0 Å². The minimum absolute atomic E-state index is 0. The lowest BCUT2D eigenvalue weighted by Crippen LogP contribution is -1.94. The highest BCUT2D eigenvalue weighted by Crippen LogP contribution is 2.31. The van der Waals surface area contributed by atoms with E-state index in [1.807, 2.05) is 30.3 Å². The molecule has 0 radical (unpaired) electrons. The van der Waals surface area contributed by atoms with Gasteiger partial charge in [-0.2, -0.15) is 0 Å². The van der Waals surface area contributed by atoms with E-state index in [4.69, 9.17) is 4.78 Å². The second-order valence-electron chi connectivity index (χ2n) is 3.86. The Labute approximate surface area is 123 Å². The first-order valence-electron chi connectivity index (χ1n) is 5.28. The molecule has 2 aromatic carbocycles. The van der Waals surface area contributed by atoms with E-state index in [1.54, 1.807) is 0 Å². The summed E-state index contributed by atoms with van der Waals surface area (Å²) < 4.78 is 9.48. The van der Waals surface area contributed by atoms with Crippen molar-refractivity contribution >= 4 is 51.2 Å². The second-order valence-corrected chi connectivity index (χ2v) is 6.27. The molecular formula is C14H11BrClNS. The first-order chi connectivity index (χ1) is 8.25. The quantitative estimate of drug-likeness (QED) is 0.585. The normalized spacial score (nSPS) is 16.2. The first-order valence-corrected chi connectivity index (χ1v) is 7.30. The van der Waals surface area contributed by atoms with Crippen LogP contribution in [-0.2, 0) is 10.7 Å². The van der Waals surface area contributed by atoms with Gasteiger partial charge in [-0.3, -0.25) is 4.78 Å². The van der Waals surface area contributed by atoms with Crippen LogP contribution >= 0.6 is 28.3 Å². The summed E-state index contributed by atoms with van der Waals surface area (Å²) in [4.78, 5) is 2.19. The fourth-order valence-electron chi connectivity index (χ4n) is 1.94. The number of hydrogen-bond donors (Lipinski definition) is 1. The zero-order valence-electron chi connectivity index (χ0n) is 9.39. The molecule has 2 aromatic rings. The van der Waals surface area contributed by atoms with Crippen molar-refractivity contribution in [3.05, 3.63) is 58.1 Å². The lowest BCUT2D eigenvalue weighted by Gasteiger charge is -2.09. The van der Waals surface area contributed by atoms with E-state index >= 15 is 0 Å². The lowest BCUT2D eigenvalue weighted by atomic mass is 10.1. The predicted octanol–water partition coefficient (Wildman–Crippen LogP) is 5.15. The largest absolute Gasteiger partial charge is 0.271 e. The highest BCUT2D eigenvalue weighted by atomic mass is 79.9. The number of rotatable bonds is 0. The van der Waals surface area contributed by atoms with E-state index in [-0.39, 0.29) is 12.4 Å². The maximum atomic E-state index is 8.42. The second kappa shape index (κ2) is 5.39. The van der Waals surface area contributed by atoms with Gasteiger partial charge < -0.3 is 0 Å². The SMILES string of the molecule is Cl.N=S1c2ccccc2C=Cc2cc(Br)ccc21. The van der Waals surface area contributed by atoms with Crippen molar-refractivity contribution in [1.29, 1.82) is 4.78 Å². The molecule has 0 spiro atoms. The summed E-state index contributed by atoms with van der Waals surface area (Å²) in [5.41, 5.74) is 2.28. The van der Waals surface area contributed by atoms with Crippen molar-refractivity contribution < 1.29 is 0 Å². The zero-order valence-corrected chi connectivity index (χ0v) is 12.6. The Balaban J connectivity index is 0.00000120. The molecule has 0 bridgehead atoms. The van der Waals surface area contributed by atoms with Crippen molar-refractivity contribution in [3.63, 3.8) is 0 Å². The molecule has 1 N–H and O–H groups in total. The first kappa shape index (κ1) is 13.5. The van der Waals surface area contributed by atoms with E-state index in [0.29, 0.717) is 0 Å². The Hall–Kier alpha value is -0.900. The van der Waals surface area contributed by atoms with Crippen molar-refractivity contribution in [1.82, 2.24) is 0 Å². The van der Waals surface area contributed by atoms with Crippen LogP contribution in [0.1, 0.15) is 11.1 Å². The van der Waals surface area contributed by atoms with Crippen LogP contribution in [0.2, 0.25) is 0 Å². The molecule has 1 unspecified atom stereocenters. The fraction of sp³-hybridized carbons (Fsp3) is 0. The van der Waals surface area contributed by atoms with Gasteiger partial charge in [0.1, 0.15) is 0 Å². The monoisotopic (exact) mass is 339 g/mol. The molecule has 18 heavy (non-hydrogen) atoms. The molecule has 0 saturated heterocycles. The Bertz CT molecular complexity index is 652. The fourth-order valence-corrected chi connectivity index (χ4v) is 3.71. The van der Waals surface area contributed by atoms with Crippen LogP contribution in [0.3, 0.4) is 0 Å². The maximum Gasteiger partial charge on any atom is 0.0302 e. The summed E-state index contributed by atoms with van der Waals surface area (Å²) in [6.45, 7) is 0. The van der Waals surface area contributed by atoms with E-state index in [1.165, 1.54) is 0 Å². The average molecular weight is 341 g/mol. The van der Waals surface area contributed by atoms with Crippen molar-refractivity contribution in [2.45, 2.75) is 9.79 Å². The average Bonchev–Trinajstić information content (AvgIpc) is 2.48. The molecule has 0 fully saturated rings. The minimum Gasteiger partial charge on any atom is -0.271 e. The molecule has 1 heterocycles. The molecule has 4 heteroatoms. The van der Waals surface area contributed by atoms with E-state index in [0.717, 1.165) is 25.4 Å². The smallest absolute Gasteiger partial charge is 0.0302 e. The lowest BCUT2D eigenvalue weighted by molar-refractivity contribution is 1.34. The molecule has 0 saturated carbocycles. The van der Waals surface area contributed by atoms with Gasteiger partial charge in [-0.1, -0.05) is 46.3 Å². The van der Waals surface area contributed by atoms with Gasteiger partial charge in [-0.25, -0.2) is 0 Å². The van der Waals surface area contributed by atoms with Gasteiger partial charge in [-0.05, 0) is 46.1 Å². The molecule has 1 aliphatic rings. The summed E-state index contributed by atoms with van der Waals surface area (Å²) in [7, 11) is -0.599. The topological polar surface area (TPSA) is 23.9 Å². The van der Waals surface area contributed by atoms with Crippen molar-refractivity contribution in [2.75, 3.05) is 0 Å². The van der Waals surface area contributed by atoms with Gasteiger partial charge in [0.15, 0.2) is 0 Å². The highest BCUT2D eigenvalue weighted by molar-refractivity contribution is 9.10. The third-order valence-corrected chi connectivity index (χ3v) is 4.89. The molecule has 1 nitrogen and oxygen atoms in total. The summed E-state index contributed by atoms with van der Waals surface area (Å²) in [5, 5.41) is 0. The minimum atomic E-state index is -0.599. The standard InChI is InChI=1S/C14H10BrNS.ClH/c15-12-7-8-14-11(9-12)6-5-10-3-1-2-4-13(10)17(14)16;/h1-9,16H;1H. The Kier molecular flexibility index (Phi) is 4.05. The third-order valence-electron chi connectivity index (χ3n) is 2.77. The van der Waals surface area contributed by atoms with Gasteiger partial charge in [0.05, 0.1) is 0 Å². The van der Waals surface area contributed by atoms with Crippen LogP contribution in [-0.4, -0.2) is 0 Å². The van der Waals surface area contributed by atoms with Crippen LogP contribution < -0.4 is 0 Å². The Morgan fingerprint density at radius 3 is 2.39 bits per heavy atom. The molecule has 92 valence electrons. The van der Waals surface area contributed by atoms with E-state index in [2.05, 4.69) is 40.2 Å². The van der Waals surface area contributed by atoms with Gasteiger partial charge in [0, 0.05) is 14.3 Å². The molecule has 0 aliphatic carbocycles. The molecule has 1 aliphatic heterocycles. The van der Waals surface area contributed by atoms with Gasteiger partial charge in [0.25, 0.3) is 0 Å². The molecule has 1 atom stereocenters. The predicted molar refractivity (Wildman–Crippen MR) is 83.4 cm³/mol. The van der Waals surface area contributed by atoms with Crippen molar-refractivity contribution in [2.24, 2.45) is 0 Å². The zero-order chi connectivity index (χ0) is 11.8. The summed E-state index contributed by atoms with van der Waals surface area (Å²) in [6.07, 6.45) is 4.20. The number of benzene rings is 2. The van der Waals surface area contributed by atoms with Gasteiger partial charge in [-0.15, -0.1) is 12.4 Å². The number of hydrogen-bond acceptors (Lipinski definition) is 1. The van der Waals surface area contributed by atoms with Crippen LogP contribution in [0, 0.1) is 4.78 Å². The third kappa shape index (κ3) is 2.30. The molecule has 0 aromatic heterocycles. The summed E-state index contributed by atoms with van der Waals surface area (Å²) in [5.74, 6) is 0. The van der Waals surface area contributed by atoms with Crippen LogP contribution in [0.25, 0.3) is 12.2 Å². The van der Waals surface area contributed by atoms with E-state index in [9.17, 15) is 0 Å².